The van der Waals surface area contributed by atoms with Gasteiger partial charge in [-0.15, -0.1) is 0 Å². The van der Waals surface area contributed by atoms with E-state index in [2.05, 4.69) is 0 Å². The molecule has 0 heterocycles. The monoisotopic (exact) mass is 2950 g/mol. The molecule has 0 N–H and O–H groups in total. The third-order valence-electron chi connectivity index (χ3n) is 0. The summed E-state index contributed by atoms with van der Waals surface area (Å²) in [5.41, 5.74) is 0. The van der Waals surface area contributed by atoms with Crippen molar-refractivity contribution in [2.45, 2.75) is 0 Å². The minimum absolute atomic E-state index is 0. The molecule has 0 nitrogen and oxygen atoms in total. The second-order valence-electron chi connectivity index (χ2n) is 0. The van der Waals surface area contributed by atoms with Gasteiger partial charge >= 0.3 is 0 Å². The molecule has 0 bridgehead atoms. The largest absolute Gasteiger partial charge is 0 e. The third kappa shape index (κ3) is 598. The van der Waals surface area contributed by atoms with Gasteiger partial charge in [-0.05, 0) is 0 Å². The summed E-state index contributed by atoms with van der Waals surface area (Å²) >= 11 is 0. The minimum atomic E-state index is 0. The van der Waals surface area contributed by atoms with Gasteiger partial charge in [0.1, 0.15) is 0 Å². The van der Waals surface area contributed by atoms with Crippen LogP contribution in [0.15, 0.2) is 0 Å². The van der Waals surface area contributed by atoms with Crippen LogP contribution in [-0.2, 0) is 839 Å². The number of hydrogen-bond donors (Lipinski definition) is 0. The van der Waals surface area contributed by atoms with Crippen molar-refractivity contribution in [1.82, 2.24) is 0 Å². The molecule has 0 aliphatic rings. The summed E-state index contributed by atoms with van der Waals surface area (Å²) in [5, 5.41) is 0. The SMILES string of the molecule is [Co].[Co].[Co].[Co].[Co].[Co].[Co].[Co].[Co].[Co].[Co].[Co].[Co].[Co].[Co].[Co].[Co].[Co].[Co].[Co].[Co].[Co].[Co].[Co].[Co].[Co].[Co].[Co].[Co].[Co].[Co].[Co].[Co].[Co].[Co].[Co].[Co].[Co].[Co].[Co].[Co].[Co].[Co].[Co].[Co].[Co].[Co].[Co].[Co].[Co]. The van der Waals surface area contributed by atoms with E-state index < -0.39 is 0 Å². The van der Waals surface area contributed by atoms with Crippen LogP contribution in [0.1, 0.15) is 0 Å². The van der Waals surface area contributed by atoms with E-state index in [4.69, 9.17) is 0 Å². The molecule has 0 spiro atoms. The van der Waals surface area contributed by atoms with Crippen molar-refractivity contribution in [2.24, 2.45) is 0 Å². The van der Waals surface area contributed by atoms with Gasteiger partial charge in [0.2, 0.25) is 0 Å². The zero-order valence-electron chi connectivity index (χ0n) is 16.7. The van der Waals surface area contributed by atoms with Crippen LogP contribution in [0.3, 0.4) is 0 Å². The van der Waals surface area contributed by atoms with Crippen LogP contribution in [0.5, 0.6) is 0 Å². The first kappa shape index (κ1) is 649. The van der Waals surface area contributed by atoms with Crippen LogP contribution in [0.4, 0.5) is 0 Å². The fourth-order valence-corrected chi connectivity index (χ4v) is 0. The van der Waals surface area contributed by atoms with Crippen molar-refractivity contribution in [3.8, 4) is 0 Å². The Morgan fingerprint density at radius 3 is 0.0200 bits per heavy atom. The Kier molecular flexibility index (Phi) is 8090. The van der Waals surface area contributed by atoms with E-state index >= 15 is 0 Å². The molecule has 0 atom stereocenters. The summed E-state index contributed by atoms with van der Waals surface area (Å²) in [6, 6.07) is 0. The Balaban J connectivity index is 0. The standard InChI is InChI=1S/50Co. The topological polar surface area (TPSA) is 0 Å². The van der Waals surface area contributed by atoms with Crippen LogP contribution in [-0.4, -0.2) is 0 Å². The van der Waals surface area contributed by atoms with Crippen LogP contribution in [0.2, 0.25) is 0 Å². The van der Waals surface area contributed by atoms with Gasteiger partial charge in [0.05, 0.1) is 0 Å². The first-order chi connectivity index (χ1) is 0. The van der Waals surface area contributed by atoms with Crippen LogP contribution in [0.25, 0.3) is 0 Å². The van der Waals surface area contributed by atoms with Gasteiger partial charge in [-0.1, -0.05) is 0 Å². The van der Waals surface area contributed by atoms with E-state index in [1.165, 1.54) is 0 Å². The Morgan fingerprint density at radius 1 is 0.0200 bits per heavy atom. The van der Waals surface area contributed by atoms with Crippen LogP contribution < -0.4 is 0 Å². The normalized spacial score (nSPS) is 0. The van der Waals surface area contributed by atoms with E-state index in [9.17, 15) is 0 Å². The number of rotatable bonds is 0. The van der Waals surface area contributed by atoms with Gasteiger partial charge in [-0.25, -0.2) is 0 Å². The van der Waals surface area contributed by atoms with Crippen molar-refractivity contribution in [3.05, 3.63) is 0 Å². The Hall–Kier alpha value is 25.3. The van der Waals surface area contributed by atoms with Gasteiger partial charge < -0.3 is 0 Å². The van der Waals surface area contributed by atoms with Gasteiger partial charge in [-0.3, -0.25) is 0 Å². The minimum Gasteiger partial charge on any atom is 0 e. The second kappa shape index (κ2) is 623. The van der Waals surface area contributed by atoms with Crippen molar-refractivity contribution in [3.63, 3.8) is 0 Å². The van der Waals surface area contributed by atoms with Crippen LogP contribution in [0, 0.1) is 0 Å². The van der Waals surface area contributed by atoms with Gasteiger partial charge in [0.15, 0.2) is 0 Å². The average Bonchev–Trinajstić information content (AvgIpc) is 0. The molecule has 0 rings (SSSR count). The summed E-state index contributed by atoms with van der Waals surface area (Å²) in [5.74, 6) is 0. The summed E-state index contributed by atoms with van der Waals surface area (Å²) in [4.78, 5) is 0. The zero-order chi connectivity index (χ0) is 0. The summed E-state index contributed by atoms with van der Waals surface area (Å²) in [7, 11) is 0. The predicted molar refractivity (Wildman–Crippen MR) is 0 cm³/mol. The van der Waals surface area contributed by atoms with E-state index in [-0.39, 0.29) is 839 Å². The molecule has 0 aliphatic heterocycles. The van der Waals surface area contributed by atoms with Crippen LogP contribution >= 0.6 is 0 Å². The van der Waals surface area contributed by atoms with Crippen molar-refractivity contribution in [2.75, 3.05) is 0 Å². The zero-order valence-corrected chi connectivity index (χ0v) is 68.7. The molecule has 0 saturated heterocycles. The van der Waals surface area contributed by atoms with Crippen molar-refractivity contribution in [1.29, 1.82) is 0 Å². The Morgan fingerprint density at radius 2 is 0.0200 bits per heavy atom. The molecule has 450 valence electrons. The molecular weight excluding hydrogens is 2950 g/mol. The fraction of sp³-hybridized carbons (Fsp3) is 0. The number of hydrogen-bond acceptors (Lipinski definition) is 0. The molecule has 0 aromatic carbocycles. The molecule has 0 fully saturated rings. The maximum absolute atomic E-state index is 0. The second-order valence-corrected chi connectivity index (χ2v) is 0. The van der Waals surface area contributed by atoms with E-state index in [0.29, 0.717) is 0 Å². The molecular formula is Co50. The molecule has 0 aliphatic carbocycles. The quantitative estimate of drug-likeness (QED) is 0.318. The van der Waals surface area contributed by atoms with Gasteiger partial charge in [0.25, 0.3) is 0 Å². The summed E-state index contributed by atoms with van der Waals surface area (Å²) in [6.07, 6.45) is 0. The molecule has 0 saturated carbocycles. The molecule has 0 unspecified atom stereocenters. The Labute approximate surface area is 817 Å². The molecule has 0 aromatic heterocycles. The summed E-state index contributed by atoms with van der Waals surface area (Å²) < 4.78 is 0. The first-order valence-electron chi connectivity index (χ1n) is 0. The van der Waals surface area contributed by atoms with Crippen molar-refractivity contribution >= 4 is 0 Å². The third-order valence-corrected chi connectivity index (χ3v) is 0. The maximum Gasteiger partial charge on any atom is 0 e. The van der Waals surface area contributed by atoms with Crippen molar-refractivity contribution < 1.29 is 839 Å². The summed E-state index contributed by atoms with van der Waals surface area (Å²) in [6.45, 7) is 0. The fourth-order valence-electron chi connectivity index (χ4n) is 0. The first-order valence-corrected chi connectivity index (χ1v) is 0. The van der Waals surface area contributed by atoms with E-state index in [0.717, 1.165) is 0 Å². The molecule has 50 heteroatoms. The average molecular weight is 2950 g/mol. The molecule has 50 radical (unpaired) electrons. The van der Waals surface area contributed by atoms with E-state index in [1.54, 1.807) is 0 Å². The molecule has 50 heavy (non-hydrogen) atoms. The van der Waals surface area contributed by atoms with Gasteiger partial charge in [-0.2, -0.15) is 0 Å². The van der Waals surface area contributed by atoms with E-state index in [1.807, 2.05) is 0 Å². The predicted octanol–water partition coefficient (Wildman–Crippen LogP) is -0.125. The maximum atomic E-state index is 0. The smallest absolute Gasteiger partial charge is 0 e. The van der Waals surface area contributed by atoms with Gasteiger partial charge in [0, 0.05) is 839 Å². The molecule has 0 amide bonds. The Bertz CT molecular complexity index is 0. The molecule has 0 aromatic rings.